The average Bonchev–Trinajstić information content (AvgIpc) is 1.78. The van der Waals surface area contributed by atoms with Gasteiger partial charge in [0.25, 0.3) is 0 Å². The van der Waals surface area contributed by atoms with E-state index in [0.717, 1.165) is 12.8 Å². The lowest BCUT2D eigenvalue weighted by molar-refractivity contribution is 0.193. The molecule has 0 heterocycles. The van der Waals surface area contributed by atoms with Crippen LogP contribution in [-0.4, -0.2) is 16.4 Å². The highest BCUT2D eigenvalue weighted by molar-refractivity contribution is 7.46. The molecule has 0 fully saturated rings. The molecule has 0 rings (SSSR count). The van der Waals surface area contributed by atoms with Crippen molar-refractivity contribution in [2.75, 3.05) is 6.61 Å². The smallest absolute Gasteiger partial charge is 0.303 e. The minimum absolute atomic E-state index is 0.151. The summed E-state index contributed by atoms with van der Waals surface area (Å²) in [4.78, 5) is 16.4. The van der Waals surface area contributed by atoms with Crippen LogP contribution in [0.4, 0.5) is 0 Å². The maximum atomic E-state index is 10.1. The summed E-state index contributed by atoms with van der Waals surface area (Å²) in [5, 5.41) is 0. The normalized spacial score (nSPS) is 11.9. The molecule has 0 aliphatic heterocycles. The Kier molecular flexibility index (Phi) is 4.91. The highest BCUT2D eigenvalue weighted by atomic mass is 31.2. The lowest BCUT2D eigenvalue weighted by atomic mass is 10.3. The SMILES string of the molecule is CCCCCOP(=O)(O)O. The molecule has 0 amide bonds. The van der Waals surface area contributed by atoms with Crippen molar-refractivity contribution >= 4 is 7.82 Å². The van der Waals surface area contributed by atoms with Crippen molar-refractivity contribution in [3.63, 3.8) is 0 Å². The monoisotopic (exact) mass is 168 g/mol. The molecule has 0 aromatic carbocycles. The number of hydrogen-bond donors (Lipinski definition) is 2. The van der Waals surface area contributed by atoms with Crippen LogP contribution in [0, 0.1) is 0 Å². The fraction of sp³-hybridized carbons (Fsp3) is 1.00. The van der Waals surface area contributed by atoms with Crippen LogP contribution in [0.1, 0.15) is 26.2 Å². The largest absolute Gasteiger partial charge is 0.469 e. The second kappa shape index (κ2) is 4.85. The van der Waals surface area contributed by atoms with Crippen molar-refractivity contribution in [3.8, 4) is 0 Å². The third kappa shape index (κ3) is 8.11. The van der Waals surface area contributed by atoms with Crippen LogP contribution in [0.3, 0.4) is 0 Å². The fourth-order valence-corrected chi connectivity index (χ4v) is 0.902. The molecule has 0 aliphatic carbocycles. The Morgan fingerprint density at radius 3 is 2.40 bits per heavy atom. The van der Waals surface area contributed by atoms with E-state index in [-0.39, 0.29) is 6.61 Å². The maximum absolute atomic E-state index is 10.1. The van der Waals surface area contributed by atoms with Crippen molar-refractivity contribution in [2.24, 2.45) is 0 Å². The van der Waals surface area contributed by atoms with E-state index in [9.17, 15) is 4.57 Å². The summed E-state index contributed by atoms with van der Waals surface area (Å²) in [7, 11) is -4.21. The van der Waals surface area contributed by atoms with E-state index >= 15 is 0 Å². The summed E-state index contributed by atoms with van der Waals surface area (Å²) >= 11 is 0. The Hall–Kier alpha value is 0.110. The van der Waals surface area contributed by atoms with E-state index in [1.54, 1.807) is 0 Å². The van der Waals surface area contributed by atoms with E-state index in [1.807, 2.05) is 6.92 Å². The molecular formula is C5H13O4P. The zero-order valence-corrected chi connectivity index (χ0v) is 6.88. The van der Waals surface area contributed by atoms with E-state index in [0.29, 0.717) is 6.42 Å². The Morgan fingerprint density at radius 1 is 1.40 bits per heavy atom. The van der Waals surface area contributed by atoms with Crippen molar-refractivity contribution in [1.29, 1.82) is 0 Å². The van der Waals surface area contributed by atoms with Gasteiger partial charge in [-0.1, -0.05) is 19.8 Å². The molecule has 0 radical (unpaired) electrons. The van der Waals surface area contributed by atoms with Gasteiger partial charge in [-0.05, 0) is 6.42 Å². The van der Waals surface area contributed by atoms with Crippen molar-refractivity contribution < 1.29 is 18.9 Å². The van der Waals surface area contributed by atoms with Gasteiger partial charge >= 0.3 is 7.82 Å². The molecule has 0 aromatic heterocycles. The predicted octanol–water partition coefficient (Wildman–Crippen LogP) is 1.29. The Bertz CT molecular complexity index is 119. The van der Waals surface area contributed by atoms with Crippen molar-refractivity contribution in [2.45, 2.75) is 26.2 Å². The third-order valence-corrected chi connectivity index (χ3v) is 1.53. The molecule has 0 aliphatic rings. The molecule has 0 saturated carbocycles. The topological polar surface area (TPSA) is 66.8 Å². The highest BCUT2D eigenvalue weighted by Gasteiger charge is 2.11. The van der Waals surface area contributed by atoms with Crippen molar-refractivity contribution in [1.82, 2.24) is 0 Å². The molecule has 0 bridgehead atoms. The second-order valence-corrected chi connectivity index (χ2v) is 3.27. The van der Waals surface area contributed by atoms with Crippen LogP contribution in [-0.2, 0) is 9.09 Å². The molecule has 5 heteroatoms. The summed E-state index contributed by atoms with van der Waals surface area (Å²) in [6.45, 7) is 2.16. The van der Waals surface area contributed by atoms with Crippen LogP contribution in [0.5, 0.6) is 0 Å². The van der Waals surface area contributed by atoms with E-state index in [2.05, 4.69) is 4.52 Å². The molecule has 4 nitrogen and oxygen atoms in total. The summed E-state index contributed by atoms with van der Waals surface area (Å²) in [5.74, 6) is 0. The zero-order chi connectivity index (χ0) is 8.04. The summed E-state index contributed by atoms with van der Waals surface area (Å²) in [5.41, 5.74) is 0. The average molecular weight is 168 g/mol. The standard InChI is InChI=1S/C5H13O4P/c1-2-3-4-5-9-10(6,7)8/h2-5H2,1H3,(H2,6,7,8). The fourth-order valence-electron chi connectivity index (χ4n) is 0.536. The number of phosphoric ester groups is 1. The summed E-state index contributed by atoms with van der Waals surface area (Å²) in [6, 6.07) is 0. The van der Waals surface area contributed by atoms with Crippen LogP contribution >= 0.6 is 7.82 Å². The van der Waals surface area contributed by atoms with Crippen LogP contribution in [0.25, 0.3) is 0 Å². The van der Waals surface area contributed by atoms with Crippen LogP contribution < -0.4 is 0 Å². The van der Waals surface area contributed by atoms with Crippen molar-refractivity contribution in [3.05, 3.63) is 0 Å². The minimum Gasteiger partial charge on any atom is -0.303 e. The van der Waals surface area contributed by atoms with Gasteiger partial charge in [0, 0.05) is 0 Å². The number of rotatable bonds is 5. The van der Waals surface area contributed by atoms with Gasteiger partial charge < -0.3 is 9.79 Å². The van der Waals surface area contributed by atoms with E-state index in [1.165, 1.54) is 0 Å². The van der Waals surface area contributed by atoms with Gasteiger partial charge in [0.05, 0.1) is 6.61 Å². The first-order valence-electron chi connectivity index (χ1n) is 3.26. The second-order valence-electron chi connectivity index (χ2n) is 2.03. The zero-order valence-electron chi connectivity index (χ0n) is 5.99. The Balaban J connectivity index is 3.13. The van der Waals surface area contributed by atoms with E-state index in [4.69, 9.17) is 9.79 Å². The molecule has 0 spiro atoms. The third-order valence-electron chi connectivity index (χ3n) is 1.01. The lowest BCUT2D eigenvalue weighted by Gasteiger charge is -2.02. The van der Waals surface area contributed by atoms with Gasteiger partial charge in [0.2, 0.25) is 0 Å². The maximum Gasteiger partial charge on any atom is 0.469 e. The van der Waals surface area contributed by atoms with E-state index < -0.39 is 7.82 Å². The summed E-state index contributed by atoms with van der Waals surface area (Å²) < 4.78 is 14.3. The Labute approximate surface area is 60.5 Å². The molecule has 62 valence electrons. The molecule has 0 atom stereocenters. The first-order chi connectivity index (χ1) is 4.56. The summed E-state index contributed by atoms with van der Waals surface area (Å²) in [6.07, 6.45) is 2.67. The van der Waals surface area contributed by atoms with Gasteiger partial charge in [0.15, 0.2) is 0 Å². The van der Waals surface area contributed by atoms with Gasteiger partial charge in [0.1, 0.15) is 0 Å². The minimum atomic E-state index is -4.21. The number of hydrogen-bond acceptors (Lipinski definition) is 2. The number of phosphoric acid groups is 1. The molecule has 10 heavy (non-hydrogen) atoms. The quantitative estimate of drug-likeness (QED) is 0.479. The molecule has 2 N–H and O–H groups in total. The van der Waals surface area contributed by atoms with Crippen LogP contribution in [0.2, 0.25) is 0 Å². The van der Waals surface area contributed by atoms with Gasteiger partial charge in [-0.3, -0.25) is 4.52 Å². The van der Waals surface area contributed by atoms with Gasteiger partial charge in [-0.2, -0.15) is 0 Å². The molecule has 0 saturated heterocycles. The Morgan fingerprint density at radius 2 is 2.00 bits per heavy atom. The number of unbranched alkanes of at least 4 members (excludes halogenated alkanes) is 2. The van der Waals surface area contributed by atoms with Gasteiger partial charge in [-0.15, -0.1) is 0 Å². The van der Waals surface area contributed by atoms with Crippen LogP contribution in [0.15, 0.2) is 0 Å². The molecule has 0 unspecified atom stereocenters. The molecular weight excluding hydrogens is 155 g/mol. The first-order valence-corrected chi connectivity index (χ1v) is 4.79. The first kappa shape index (κ1) is 10.1. The lowest BCUT2D eigenvalue weighted by Crippen LogP contribution is -1.91. The molecule has 0 aromatic rings. The predicted molar refractivity (Wildman–Crippen MR) is 37.5 cm³/mol. The van der Waals surface area contributed by atoms with Gasteiger partial charge in [-0.25, -0.2) is 4.57 Å². The highest BCUT2D eigenvalue weighted by Crippen LogP contribution is 2.35.